The number of rotatable bonds is 7. The topological polar surface area (TPSA) is 118 Å². The second kappa shape index (κ2) is 9.45. The Morgan fingerprint density at radius 3 is 2.73 bits per heavy atom. The number of non-ortho nitro benzene ring substituents is 1. The summed E-state index contributed by atoms with van der Waals surface area (Å²) in [7, 11) is 0. The fourth-order valence-corrected chi connectivity index (χ4v) is 3.29. The smallest absolute Gasteiger partial charge is 0.270 e. The van der Waals surface area contributed by atoms with Crippen LogP contribution in [-0.4, -0.2) is 22.4 Å². The third-order valence-electron chi connectivity index (χ3n) is 3.89. The van der Waals surface area contributed by atoms with Crippen molar-refractivity contribution in [2.24, 2.45) is 0 Å². The van der Waals surface area contributed by atoms with E-state index in [0.717, 1.165) is 5.69 Å². The number of hydrogen-bond donors (Lipinski definition) is 1. The van der Waals surface area contributed by atoms with Gasteiger partial charge in [0.2, 0.25) is 0 Å². The zero-order valence-corrected chi connectivity index (χ0v) is 16.7. The van der Waals surface area contributed by atoms with Gasteiger partial charge < -0.3 is 10.1 Å². The lowest BCUT2D eigenvalue weighted by atomic mass is 10.1. The number of ether oxygens (including phenoxy) is 1. The van der Waals surface area contributed by atoms with Gasteiger partial charge in [0.15, 0.2) is 6.61 Å². The molecule has 150 valence electrons. The Bertz CT molecular complexity index is 1150. The van der Waals surface area contributed by atoms with E-state index in [9.17, 15) is 20.2 Å². The van der Waals surface area contributed by atoms with Gasteiger partial charge in [-0.25, -0.2) is 4.98 Å². The van der Waals surface area contributed by atoms with Gasteiger partial charge in [-0.05, 0) is 31.2 Å². The Morgan fingerprint density at radius 1 is 1.33 bits per heavy atom. The van der Waals surface area contributed by atoms with Crippen molar-refractivity contribution < 1.29 is 14.5 Å². The van der Waals surface area contributed by atoms with E-state index in [-0.39, 0.29) is 29.5 Å². The minimum Gasteiger partial charge on any atom is -0.483 e. The van der Waals surface area contributed by atoms with Crippen molar-refractivity contribution in [1.29, 1.82) is 5.26 Å². The summed E-state index contributed by atoms with van der Waals surface area (Å²) >= 11 is 1.30. The number of carbonyl (C=O) groups excluding carboxylic acids is 1. The van der Waals surface area contributed by atoms with E-state index < -0.39 is 4.92 Å². The van der Waals surface area contributed by atoms with E-state index in [0.29, 0.717) is 16.3 Å². The average molecular weight is 420 g/mol. The number of para-hydroxylation sites is 1. The molecule has 2 aromatic carbocycles. The van der Waals surface area contributed by atoms with Crippen LogP contribution in [0.2, 0.25) is 0 Å². The van der Waals surface area contributed by atoms with E-state index in [1.807, 2.05) is 13.0 Å². The van der Waals surface area contributed by atoms with Crippen molar-refractivity contribution in [3.63, 3.8) is 0 Å². The molecule has 3 rings (SSSR count). The van der Waals surface area contributed by atoms with Crippen molar-refractivity contribution in [3.8, 4) is 11.8 Å². The third kappa shape index (κ3) is 5.27. The molecule has 8 nitrogen and oxygen atoms in total. The van der Waals surface area contributed by atoms with Crippen LogP contribution in [0.5, 0.6) is 5.75 Å². The number of hydrogen-bond acceptors (Lipinski definition) is 7. The number of nitriles is 1. The molecule has 0 saturated carbocycles. The molecule has 1 aromatic heterocycles. The van der Waals surface area contributed by atoms with Gasteiger partial charge >= 0.3 is 0 Å². The zero-order chi connectivity index (χ0) is 21.5. The highest BCUT2D eigenvalue weighted by molar-refractivity contribution is 7.11. The second-order valence-electron chi connectivity index (χ2n) is 6.15. The molecule has 30 heavy (non-hydrogen) atoms. The van der Waals surface area contributed by atoms with Gasteiger partial charge in [0, 0.05) is 34.5 Å². The summed E-state index contributed by atoms with van der Waals surface area (Å²) in [6, 6.07) is 14.9. The highest BCUT2D eigenvalue weighted by Gasteiger charge is 2.14. The minimum atomic E-state index is -0.539. The molecule has 0 spiro atoms. The number of nitrogens with zero attached hydrogens (tertiary/aromatic N) is 3. The molecule has 0 unspecified atom stereocenters. The maximum atomic E-state index is 12.2. The maximum absolute atomic E-state index is 12.2. The third-order valence-corrected chi connectivity index (χ3v) is 4.88. The normalized spacial score (nSPS) is 10.9. The number of allylic oxidation sites excluding steroid dienone is 1. The predicted molar refractivity (Wildman–Crippen MR) is 114 cm³/mol. The summed E-state index contributed by atoms with van der Waals surface area (Å²) in [5.74, 6) is -0.143. The summed E-state index contributed by atoms with van der Waals surface area (Å²) in [4.78, 5) is 27.1. The van der Waals surface area contributed by atoms with Crippen LogP contribution in [-0.2, 0) is 4.79 Å². The first-order chi connectivity index (χ1) is 14.5. The highest BCUT2D eigenvalue weighted by atomic mass is 32.1. The minimum absolute atomic E-state index is 0.157. The first kappa shape index (κ1) is 20.7. The van der Waals surface area contributed by atoms with E-state index >= 15 is 0 Å². The first-order valence-corrected chi connectivity index (χ1v) is 9.64. The molecule has 0 saturated heterocycles. The van der Waals surface area contributed by atoms with E-state index in [1.165, 1.54) is 35.6 Å². The molecular weight excluding hydrogens is 404 g/mol. The Hall–Kier alpha value is -4.03. The number of nitro groups is 1. The lowest BCUT2D eigenvalue weighted by Crippen LogP contribution is -2.20. The molecule has 0 aliphatic rings. The molecule has 0 radical (unpaired) electrons. The van der Waals surface area contributed by atoms with Gasteiger partial charge in [0.05, 0.1) is 10.5 Å². The Morgan fingerprint density at radius 2 is 2.10 bits per heavy atom. The quantitative estimate of drug-likeness (QED) is 0.343. The number of nitrogens with one attached hydrogen (secondary N) is 1. The number of benzene rings is 2. The van der Waals surface area contributed by atoms with E-state index in [2.05, 4.69) is 16.4 Å². The molecule has 1 amide bonds. The summed E-state index contributed by atoms with van der Waals surface area (Å²) in [6.07, 6.45) is 1.47. The monoisotopic (exact) mass is 420 g/mol. The molecule has 0 fully saturated rings. The van der Waals surface area contributed by atoms with Gasteiger partial charge in [0.1, 0.15) is 16.8 Å². The van der Waals surface area contributed by atoms with Gasteiger partial charge in [-0.15, -0.1) is 11.3 Å². The van der Waals surface area contributed by atoms with Crippen LogP contribution in [0.25, 0.3) is 11.6 Å². The lowest BCUT2D eigenvalue weighted by molar-refractivity contribution is -0.384. The Labute approximate surface area is 176 Å². The van der Waals surface area contributed by atoms with E-state index in [1.54, 1.807) is 29.6 Å². The van der Waals surface area contributed by atoms with Crippen molar-refractivity contribution >= 4 is 40.3 Å². The molecule has 3 aromatic rings. The number of anilines is 1. The van der Waals surface area contributed by atoms with Crippen molar-refractivity contribution in [2.45, 2.75) is 6.92 Å². The number of thiazole rings is 1. The zero-order valence-electron chi connectivity index (χ0n) is 15.9. The molecule has 0 aliphatic heterocycles. The first-order valence-electron chi connectivity index (χ1n) is 8.76. The van der Waals surface area contributed by atoms with Gasteiger partial charge in [-0.2, -0.15) is 5.26 Å². The van der Waals surface area contributed by atoms with Crippen LogP contribution in [0.15, 0.2) is 53.9 Å². The maximum Gasteiger partial charge on any atom is 0.270 e. The molecule has 0 bridgehead atoms. The van der Waals surface area contributed by atoms with Gasteiger partial charge in [-0.3, -0.25) is 14.9 Å². The molecule has 0 atom stereocenters. The van der Waals surface area contributed by atoms with Crippen LogP contribution in [0, 0.1) is 28.4 Å². The largest absolute Gasteiger partial charge is 0.483 e. The van der Waals surface area contributed by atoms with Crippen molar-refractivity contribution in [3.05, 3.63) is 80.3 Å². The fraction of sp³-hybridized carbons (Fsp3) is 0.0952. The van der Waals surface area contributed by atoms with Crippen LogP contribution >= 0.6 is 11.3 Å². The van der Waals surface area contributed by atoms with Crippen LogP contribution in [0.3, 0.4) is 0 Å². The number of aromatic nitrogens is 1. The number of amides is 1. The molecule has 0 aliphatic carbocycles. The summed E-state index contributed by atoms with van der Waals surface area (Å²) in [5, 5.41) is 25.7. The highest BCUT2D eigenvalue weighted by Crippen LogP contribution is 2.29. The number of nitro benzene ring substituents is 1. The summed E-state index contributed by atoms with van der Waals surface area (Å²) < 4.78 is 5.59. The summed E-state index contributed by atoms with van der Waals surface area (Å²) in [6.45, 7) is 1.51. The van der Waals surface area contributed by atoms with Crippen LogP contribution in [0.4, 0.5) is 11.4 Å². The van der Waals surface area contributed by atoms with E-state index in [4.69, 9.17) is 4.74 Å². The Kier molecular flexibility index (Phi) is 6.52. The van der Waals surface area contributed by atoms with Crippen LogP contribution in [0.1, 0.15) is 16.3 Å². The lowest BCUT2D eigenvalue weighted by Gasteiger charge is -2.10. The molecule has 1 heterocycles. The van der Waals surface area contributed by atoms with Crippen LogP contribution < -0.4 is 10.1 Å². The van der Waals surface area contributed by atoms with Gasteiger partial charge in [0.25, 0.3) is 11.6 Å². The average Bonchev–Trinajstić information content (AvgIpc) is 3.17. The number of aryl methyl sites for hydroxylation is 1. The summed E-state index contributed by atoms with van der Waals surface area (Å²) in [5.41, 5.74) is 1.79. The number of carbonyl (C=O) groups is 1. The second-order valence-corrected chi connectivity index (χ2v) is 7.00. The molecule has 1 N–H and O–H groups in total. The molecular formula is C21H16N4O4S. The predicted octanol–water partition coefficient (Wildman–Crippen LogP) is 4.44. The Balaban J connectivity index is 1.85. The van der Waals surface area contributed by atoms with Crippen molar-refractivity contribution in [2.75, 3.05) is 11.9 Å². The van der Waals surface area contributed by atoms with Gasteiger partial charge in [-0.1, -0.05) is 18.2 Å². The SMILES string of the molecule is Cc1csc(/C(C#N)=C/c2cc([N+](=O)[O-])ccc2OCC(=O)Nc2ccccc2)n1. The fourth-order valence-electron chi connectivity index (χ4n) is 2.53. The van der Waals surface area contributed by atoms with Crippen molar-refractivity contribution in [1.82, 2.24) is 4.98 Å². The standard InChI is InChI=1S/C21H16N4O4S/c1-14-13-30-21(23-14)16(11-22)9-15-10-18(25(27)28)7-8-19(15)29-12-20(26)24-17-5-3-2-4-6-17/h2-10,13H,12H2,1H3,(H,24,26)/b16-9+. The molecule has 9 heteroatoms.